The Kier molecular flexibility index (Phi) is 4.49. The normalized spacial score (nSPS) is 17.0. The van der Waals surface area contributed by atoms with Gasteiger partial charge < -0.3 is 14.5 Å². The fourth-order valence-corrected chi connectivity index (χ4v) is 3.72. The van der Waals surface area contributed by atoms with Crippen LogP contribution in [0.2, 0.25) is 0 Å². The van der Waals surface area contributed by atoms with Crippen molar-refractivity contribution in [1.82, 2.24) is 29.9 Å². The van der Waals surface area contributed by atoms with Crippen LogP contribution in [0.25, 0.3) is 16.9 Å². The molecule has 5 rings (SSSR count). The minimum atomic E-state index is 0.265. The summed E-state index contributed by atoms with van der Waals surface area (Å²) < 4.78 is 7.21. The minimum absolute atomic E-state index is 0.265. The van der Waals surface area contributed by atoms with E-state index in [9.17, 15) is 4.79 Å². The fourth-order valence-electron chi connectivity index (χ4n) is 3.72. The first-order valence-corrected chi connectivity index (χ1v) is 10.1. The molecule has 1 aliphatic heterocycles. The molecule has 1 aromatic carbocycles. The number of hydrogen-bond donors (Lipinski definition) is 0. The van der Waals surface area contributed by atoms with Crippen molar-refractivity contribution >= 4 is 22.9 Å². The average molecular weight is 393 g/mol. The Morgan fingerprint density at radius 1 is 1.10 bits per heavy atom. The molecule has 0 bridgehead atoms. The summed E-state index contributed by atoms with van der Waals surface area (Å²) in [5.74, 6) is 2.15. The van der Waals surface area contributed by atoms with Crippen molar-refractivity contribution in [2.75, 3.05) is 37.7 Å². The van der Waals surface area contributed by atoms with Gasteiger partial charge in [0.15, 0.2) is 17.0 Å². The third-order valence-electron chi connectivity index (χ3n) is 5.43. The van der Waals surface area contributed by atoms with E-state index in [-0.39, 0.29) is 5.92 Å². The minimum Gasteiger partial charge on any atom is -0.494 e. The second-order valence-corrected chi connectivity index (χ2v) is 7.38. The molecular formula is C20H23N7O2. The number of carbonyl (C=O) groups excluding carboxylic acids is 1. The molecule has 9 heteroatoms. The SMILES string of the molecule is CCOc1ccc(-n2nnc3c(N4CCN(C(=O)C5CC5)CC4)ncnc32)cc1. The van der Waals surface area contributed by atoms with E-state index in [2.05, 4.69) is 25.2 Å². The Labute approximate surface area is 168 Å². The summed E-state index contributed by atoms with van der Waals surface area (Å²) in [7, 11) is 0. The Bertz CT molecular complexity index is 1020. The highest BCUT2D eigenvalue weighted by Crippen LogP contribution is 2.32. The highest BCUT2D eigenvalue weighted by atomic mass is 16.5. The van der Waals surface area contributed by atoms with Crippen molar-refractivity contribution in [2.45, 2.75) is 19.8 Å². The number of benzene rings is 1. The molecule has 0 N–H and O–H groups in total. The van der Waals surface area contributed by atoms with Crippen LogP contribution < -0.4 is 9.64 Å². The predicted molar refractivity (Wildman–Crippen MR) is 107 cm³/mol. The van der Waals surface area contributed by atoms with Crippen LogP contribution in [-0.4, -0.2) is 68.6 Å². The lowest BCUT2D eigenvalue weighted by molar-refractivity contribution is -0.132. The smallest absolute Gasteiger partial charge is 0.225 e. The molecule has 150 valence electrons. The van der Waals surface area contributed by atoms with Crippen LogP contribution in [0.15, 0.2) is 30.6 Å². The van der Waals surface area contributed by atoms with Crippen molar-refractivity contribution in [1.29, 1.82) is 0 Å². The summed E-state index contributed by atoms with van der Waals surface area (Å²) in [5, 5.41) is 8.66. The van der Waals surface area contributed by atoms with Gasteiger partial charge in [0.1, 0.15) is 12.1 Å². The van der Waals surface area contributed by atoms with Crippen LogP contribution in [-0.2, 0) is 4.79 Å². The molecule has 2 aliphatic rings. The molecule has 1 saturated heterocycles. The lowest BCUT2D eigenvalue weighted by Gasteiger charge is -2.35. The molecular weight excluding hydrogens is 370 g/mol. The molecule has 2 aromatic heterocycles. The average Bonchev–Trinajstić information content (AvgIpc) is 3.53. The van der Waals surface area contributed by atoms with Crippen LogP contribution in [0.3, 0.4) is 0 Å². The van der Waals surface area contributed by atoms with E-state index < -0.39 is 0 Å². The van der Waals surface area contributed by atoms with Gasteiger partial charge in [-0.15, -0.1) is 5.10 Å². The molecule has 1 amide bonds. The van der Waals surface area contributed by atoms with E-state index in [1.807, 2.05) is 36.1 Å². The summed E-state index contributed by atoms with van der Waals surface area (Å²) in [4.78, 5) is 25.3. The van der Waals surface area contributed by atoms with E-state index in [0.717, 1.165) is 43.2 Å². The molecule has 0 radical (unpaired) electrons. The molecule has 2 fully saturated rings. The molecule has 1 saturated carbocycles. The number of carbonyl (C=O) groups is 1. The Morgan fingerprint density at radius 3 is 2.55 bits per heavy atom. The highest BCUT2D eigenvalue weighted by molar-refractivity contribution is 5.84. The summed E-state index contributed by atoms with van der Waals surface area (Å²) in [6.07, 6.45) is 3.63. The van der Waals surface area contributed by atoms with Crippen LogP contribution in [0.1, 0.15) is 19.8 Å². The third-order valence-corrected chi connectivity index (χ3v) is 5.43. The summed E-state index contributed by atoms with van der Waals surface area (Å²) in [6.45, 7) is 5.49. The first-order valence-electron chi connectivity index (χ1n) is 10.1. The maximum absolute atomic E-state index is 12.3. The number of fused-ring (bicyclic) bond motifs is 1. The highest BCUT2D eigenvalue weighted by Gasteiger charge is 2.35. The number of piperazine rings is 1. The van der Waals surface area contributed by atoms with Gasteiger partial charge in [-0.2, -0.15) is 4.68 Å². The molecule has 0 spiro atoms. The van der Waals surface area contributed by atoms with Gasteiger partial charge in [0.2, 0.25) is 5.91 Å². The summed E-state index contributed by atoms with van der Waals surface area (Å²) in [6, 6.07) is 7.68. The van der Waals surface area contributed by atoms with Crippen molar-refractivity contribution in [3.8, 4) is 11.4 Å². The summed E-state index contributed by atoms with van der Waals surface area (Å²) >= 11 is 0. The monoisotopic (exact) mass is 393 g/mol. The number of hydrogen-bond acceptors (Lipinski definition) is 7. The Balaban J connectivity index is 1.38. The zero-order chi connectivity index (χ0) is 19.8. The number of anilines is 1. The number of ether oxygens (including phenoxy) is 1. The van der Waals surface area contributed by atoms with Crippen molar-refractivity contribution in [2.24, 2.45) is 5.92 Å². The van der Waals surface area contributed by atoms with E-state index in [4.69, 9.17) is 4.74 Å². The van der Waals surface area contributed by atoms with Gasteiger partial charge >= 0.3 is 0 Å². The van der Waals surface area contributed by atoms with Gasteiger partial charge in [0, 0.05) is 32.1 Å². The molecule has 3 aromatic rings. The first-order chi connectivity index (χ1) is 14.2. The second-order valence-electron chi connectivity index (χ2n) is 7.38. The van der Waals surface area contributed by atoms with E-state index >= 15 is 0 Å². The molecule has 1 aliphatic carbocycles. The van der Waals surface area contributed by atoms with Crippen molar-refractivity contribution < 1.29 is 9.53 Å². The van der Waals surface area contributed by atoms with Crippen LogP contribution in [0, 0.1) is 5.92 Å². The standard InChI is InChI=1S/C20H23N7O2/c1-2-29-16-7-5-15(6-8-16)27-19-17(23-24-27)18(21-13-22-19)25-9-11-26(12-10-25)20(28)14-3-4-14/h5-8,13-14H,2-4,9-12H2,1H3. The van der Waals surface area contributed by atoms with Gasteiger partial charge in [-0.05, 0) is 44.0 Å². The van der Waals surface area contributed by atoms with Gasteiger partial charge in [-0.25, -0.2) is 9.97 Å². The van der Waals surface area contributed by atoms with Gasteiger partial charge in [0.25, 0.3) is 0 Å². The van der Waals surface area contributed by atoms with Crippen LogP contribution in [0.4, 0.5) is 5.82 Å². The number of amides is 1. The second kappa shape index (κ2) is 7.31. The lowest BCUT2D eigenvalue weighted by Crippen LogP contribution is -2.49. The summed E-state index contributed by atoms with van der Waals surface area (Å²) in [5.41, 5.74) is 2.19. The quantitative estimate of drug-likeness (QED) is 0.651. The zero-order valence-electron chi connectivity index (χ0n) is 16.4. The van der Waals surface area contributed by atoms with Crippen molar-refractivity contribution in [3.63, 3.8) is 0 Å². The predicted octanol–water partition coefficient (Wildman–Crippen LogP) is 1.67. The Hall–Kier alpha value is -3.23. The van der Waals surface area contributed by atoms with Crippen LogP contribution >= 0.6 is 0 Å². The van der Waals surface area contributed by atoms with E-state index in [1.54, 1.807) is 11.0 Å². The van der Waals surface area contributed by atoms with Crippen LogP contribution in [0.5, 0.6) is 5.75 Å². The first kappa shape index (κ1) is 17.8. The molecule has 9 nitrogen and oxygen atoms in total. The topological polar surface area (TPSA) is 89.3 Å². The van der Waals surface area contributed by atoms with Gasteiger partial charge in [-0.1, -0.05) is 5.21 Å². The Morgan fingerprint density at radius 2 is 1.86 bits per heavy atom. The van der Waals surface area contributed by atoms with E-state index in [1.165, 1.54) is 0 Å². The number of rotatable bonds is 5. The molecule has 29 heavy (non-hydrogen) atoms. The molecule has 3 heterocycles. The molecule has 0 atom stereocenters. The lowest BCUT2D eigenvalue weighted by atomic mass is 10.2. The zero-order valence-corrected chi connectivity index (χ0v) is 16.4. The van der Waals surface area contributed by atoms with Gasteiger partial charge in [0.05, 0.1) is 12.3 Å². The van der Waals surface area contributed by atoms with Gasteiger partial charge in [-0.3, -0.25) is 4.79 Å². The largest absolute Gasteiger partial charge is 0.494 e. The van der Waals surface area contributed by atoms with E-state index in [0.29, 0.717) is 36.8 Å². The maximum atomic E-state index is 12.3. The fraction of sp³-hybridized carbons (Fsp3) is 0.450. The molecule has 0 unspecified atom stereocenters. The number of nitrogens with zero attached hydrogens (tertiary/aromatic N) is 7. The maximum Gasteiger partial charge on any atom is 0.225 e. The third kappa shape index (κ3) is 3.37. The number of aromatic nitrogens is 5. The van der Waals surface area contributed by atoms with Crippen molar-refractivity contribution in [3.05, 3.63) is 30.6 Å².